The van der Waals surface area contributed by atoms with Crippen LogP contribution in [0.1, 0.15) is 47.3 Å². The quantitative estimate of drug-likeness (QED) is 0.185. The first-order chi connectivity index (χ1) is 21.2. The number of nitrogens with zero attached hydrogens (tertiary/aromatic N) is 1. The van der Waals surface area contributed by atoms with E-state index < -0.39 is 18.1 Å². The van der Waals surface area contributed by atoms with Gasteiger partial charge in [-0.2, -0.15) is 4.98 Å². The van der Waals surface area contributed by atoms with E-state index in [1.54, 1.807) is 12.1 Å². The lowest BCUT2D eigenvalue weighted by Gasteiger charge is -2.24. The number of hydrogen-bond acceptors (Lipinski definition) is 7. The van der Waals surface area contributed by atoms with Crippen molar-refractivity contribution in [1.82, 2.24) is 10.3 Å². The molecule has 2 aliphatic rings. The van der Waals surface area contributed by atoms with E-state index in [9.17, 15) is 15.0 Å². The van der Waals surface area contributed by atoms with Gasteiger partial charge >= 0.3 is 5.97 Å². The lowest BCUT2D eigenvalue weighted by atomic mass is 9.93. The number of pyridine rings is 1. The molecule has 3 aromatic carbocycles. The number of halogens is 1. The smallest absolute Gasteiger partial charge is 0.326 e. The number of aliphatic hydroxyl groups excluding tert-OH is 1. The number of rotatable bonds is 10. The number of carboxylic acids is 1. The SMILES string of the molecule is COc1nc(O[C@H]2CCc3c(-c4cccc(-c5ccc6c(c5)C[C@@H](N)C6)c4Cl)cccc32)ccc1CNC(C)(CO)C(=O)O. The van der Waals surface area contributed by atoms with Gasteiger partial charge in [0.2, 0.25) is 11.8 Å². The van der Waals surface area contributed by atoms with Crippen molar-refractivity contribution in [3.63, 3.8) is 0 Å². The minimum Gasteiger partial charge on any atom is -0.481 e. The van der Waals surface area contributed by atoms with Gasteiger partial charge in [0.1, 0.15) is 11.6 Å². The van der Waals surface area contributed by atoms with Crippen LogP contribution in [-0.2, 0) is 30.6 Å². The van der Waals surface area contributed by atoms with Gasteiger partial charge in [-0.15, -0.1) is 0 Å². The summed E-state index contributed by atoms with van der Waals surface area (Å²) in [6.45, 7) is 1.01. The van der Waals surface area contributed by atoms with Crippen molar-refractivity contribution in [3.05, 3.63) is 99.6 Å². The topological polar surface area (TPSA) is 127 Å². The molecule has 4 aromatic rings. The van der Waals surface area contributed by atoms with Crippen LogP contribution in [0.2, 0.25) is 5.02 Å². The fraction of sp³-hybridized carbons (Fsp3) is 0.314. The zero-order valence-electron chi connectivity index (χ0n) is 24.8. The summed E-state index contributed by atoms with van der Waals surface area (Å²) < 4.78 is 11.9. The van der Waals surface area contributed by atoms with Gasteiger partial charge in [-0.05, 0) is 72.1 Å². The second-order valence-electron chi connectivity index (χ2n) is 11.8. The number of ether oxygens (including phenoxy) is 2. The van der Waals surface area contributed by atoms with Crippen LogP contribution in [0.4, 0.5) is 0 Å². The van der Waals surface area contributed by atoms with Gasteiger partial charge in [-0.1, -0.05) is 66.2 Å². The molecule has 0 amide bonds. The lowest BCUT2D eigenvalue weighted by molar-refractivity contribution is -0.145. The molecule has 0 bridgehead atoms. The number of aliphatic hydroxyl groups is 1. The zero-order chi connectivity index (χ0) is 31.0. The molecular weight excluding hydrogens is 578 g/mol. The molecular formula is C35H36ClN3O5. The summed E-state index contributed by atoms with van der Waals surface area (Å²) in [4.78, 5) is 16.1. The molecule has 0 aliphatic heterocycles. The summed E-state index contributed by atoms with van der Waals surface area (Å²) in [5.41, 5.74) is 14.5. The van der Waals surface area contributed by atoms with Gasteiger partial charge in [0.25, 0.3) is 0 Å². The standard InChI is InChI=1S/C35H36ClN3O5/c1-35(19-40,34(41)42)38-18-22-11-14-31(39-33(22)43-2)44-30-13-12-27-26(6-4-7-28(27)30)29-8-3-5-25(32(29)36)21-10-9-20-16-24(37)17-23(20)15-21/h3-11,14-15,24,30,38,40H,12-13,16-19,37H2,1-2H3,(H,41,42)/t24-,30-,35?/m0/s1. The third-order valence-corrected chi connectivity index (χ3v) is 9.22. The number of aliphatic carboxylic acids is 1. The number of carboxylic acid groups (broad SMARTS) is 1. The summed E-state index contributed by atoms with van der Waals surface area (Å²) in [6, 6.07) is 22.7. The summed E-state index contributed by atoms with van der Waals surface area (Å²) in [6.07, 6.45) is 3.24. The second-order valence-corrected chi connectivity index (χ2v) is 12.2. The van der Waals surface area contributed by atoms with Crippen molar-refractivity contribution in [3.8, 4) is 34.0 Å². The molecule has 0 spiro atoms. The molecule has 9 heteroatoms. The Hall–Kier alpha value is -3.95. The second kappa shape index (κ2) is 12.2. The van der Waals surface area contributed by atoms with E-state index in [2.05, 4.69) is 58.8 Å². The monoisotopic (exact) mass is 613 g/mol. The fourth-order valence-corrected chi connectivity index (χ4v) is 6.58. The molecule has 0 radical (unpaired) electrons. The number of methoxy groups -OCH3 is 1. The van der Waals surface area contributed by atoms with Crippen LogP contribution in [-0.4, -0.2) is 46.5 Å². The van der Waals surface area contributed by atoms with Gasteiger partial charge in [-0.25, -0.2) is 0 Å². The Morgan fingerprint density at radius 2 is 1.82 bits per heavy atom. The minimum absolute atomic E-state index is 0.147. The van der Waals surface area contributed by atoms with Gasteiger partial charge in [0, 0.05) is 35.3 Å². The van der Waals surface area contributed by atoms with Crippen molar-refractivity contribution < 1.29 is 24.5 Å². The maximum atomic E-state index is 11.5. The Kier molecular flexibility index (Phi) is 8.35. The molecule has 1 unspecified atom stereocenters. The van der Waals surface area contributed by atoms with E-state index in [1.807, 2.05) is 6.07 Å². The molecule has 0 fully saturated rings. The highest BCUT2D eigenvalue weighted by molar-refractivity contribution is 6.36. The summed E-state index contributed by atoms with van der Waals surface area (Å²) in [7, 11) is 1.50. The van der Waals surface area contributed by atoms with Gasteiger partial charge < -0.3 is 25.4 Å². The van der Waals surface area contributed by atoms with Gasteiger partial charge in [-0.3, -0.25) is 10.1 Å². The van der Waals surface area contributed by atoms with E-state index in [0.29, 0.717) is 17.3 Å². The molecule has 1 aromatic heterocycles. The minimum atomic E-state index is -1.48. The maximum absolute atomic E-state index is 11.5. The Morgan fingerprint density at radius 1 is 1.07 bits per heavy atom. The Labute approximate surface area is 261 Å². The zero-order valence-corrected chi connectivity index (χ0v) is 25.5. The van der Waals surface area contributed by atoms with Crippen LogP contribution in [0.5, 0.6) is 11.8 Å². The van der Waals surface area contributed by atoms with E-state index in [4.69, 9.17) is 26.8 Å². The van der Waals surface area contributed by atoms with E-state index in [-0.39, 0.29) is 18.7 Å². The van der Waals surface area contributed by atoms with E-state index in [0.717, 1.165) is 58.5 Å². The number of benzene rings is 3. The van der Waals surface area contributed by atoms with Crippen molar-refractivity contribution in [2.24, 2.45) is 5.73 Å². The van der Waals surface area contributed by atoms with E-state index in [1.165, 1.54) is 30.7 Å². The third kappa shape index (κ3) is 5.66. The molecule has 6 rings (SSSR count). The lowest BCUT2D eigenvalue weighted by Crippen LogP contribution is -2.52. The fourth-order valence-electron chi connectivity index (χ4n) is 6.24. The van der Waals surface area contributed by atoms with Gasteiger partial charge in [0.05, 0.1) is 18.7 Å². The Bertz CT molecular complexity index is 1730. The largest absolute Gasteiger partial charge is 0.481 e. The number of hydrogen-bond donors (Lipinski definition) is 4. The average molecular weight is 614 g/mol. The van der Waals surface area contributed by atoms with Crippen LogP contribution in [0.15, 0.2) is 66.7 Å². The first-order valence-electron chi connectivity index (χ1n) is 14.8. The Morgan fingerprint density at radius 3 is 2.59 bits per heavy atom. The van der Waals surface area contributed by atoms with Crippen molar-refractivity contribution in [1.29, 1.82) is 0 Å². The van der Waals surface area contributed by atoms with Crippen LogP contribution >= 0.6 is 11.6 Å². The molecule has 8 nitrogen and oxygen atoms in total. The first kappa shape index (κ1) is 30.1. The van der Waals surface area contributed by atoms with Gasteiger partial charge in [0.15, 0.2) is 0 Å². The first-order valence-corrected chi connectivity index (χ1v) is 15.2. The van der Waals surface area contributed by atoms with Crippen molar-refractivity contribution in [2.45, 2.75) is 56.8 Å². The number of nitrogens with two attached hydrogens (primary N) is 1. The highest BCUT2D eigenvalue weighted by atomic mass is 35.5. The van der Waals surface area contributed by atoms with E-state index >= 15 is 0 Å². The summed E-state index contributed by atoms with van der Waals surface area (Å²) in [5.74, 6) is -0.411. The number of carbonyl (C=O) groups is 1. The highest BCUT2D eigenvalue weighted by Crippen LogP contribution is 2.44. The molecule has 1 heterocycles. The number of nitrogens with one attached hydrogen (secondary N) is 1. The normalized spacial score (nSPS) is 18.4. The predicted molar refractivity (Wildman–Crippen MR) is 170 cm³/mol. The average Bonchev–Trinajstić information content (AvgIpc) is 3.62. The summed E-state index contributed by atoms with van der Waals surface area (Å²) >= 11 is 7.12. The molecule has 3 atom stereocenters. The van der Waals surface area contributed by atoms with Crippen LogP contribution in [0.3, 0.4) is 0 Å². The molecule has 0 saturated heterocycles. The molecule has 44 heavy (non-hydrogen) atoms. The number of aromatic nitrogens is 1. The molecule has 0 saturated carbocycles. The summed E-state index contributed by atoms with van der Waals surface area (Å²) in [5, 5.41) is 22.6. The van der Waals surface area contributed by atoms with Crippen LogP contribution in [0, 0.1) is 0 Å². The van der Waals surface area contributed by atoms with Crippen molar-refractivity contribution in [2.75, 3.05) is 13.7 Å². The number of fused-ring (bicyclic) bond motifs is 2. The predicted octanol–water partition coefficient (Wildman–Crippen LogP) is 5.50. The Balaban J connectivity index is 1.24. The molecule has 228 valence electrons. The highest BCUT2D eigenvalue weighted by Gasteiger charge is 2.32. The molecule has 2 aliphatic carbocycles. The molecule has 5 N–H and O–H groups in total. The maximum Gasteiger partial charge on any atom is 0.326 e. The van der Waals surface area contributed by atoms with Crippen LogP contribution < -0.4 is 20.5 Å². The van der Waals surface area contributed by atoms with Crippen molar-refractivity contribution >= 4 is 17.6 Å². The third-order valence-electron chi connectivity index (χ3n) is 8.81. The van der Waals surface area contributed by atoms with Crippen LogP contribution in [0.25, 0.3) is 22.3 Å².